The van der Waals surface area contributed by atoms with Gasteiger partial charge in [0.2, 0.25) is 15.9 Å². The number of sulfonamides is 1. The van der Waals surface area contributed by atoms with Crippen LogP contribution in [-0.4, -0.2) is 44.0 Å². The lowest BCUT2D eigenvalue weighted by molar-refractivity contribution is -0.126. The molecule has 0 bridgehead atoms. The van der Waals surface area contributed by atoms with E-state index < -0.39 is 10.0 Å². The molecule has 0 spiro atoms. The molecule has 1 unspecified atom stereocenters. The van der Waals surface area contributed by atoms with Gasteiger partial charge >= 0.3 is 0 Å². The smallest absolute Gasteiger partial charge is 0.233 e. The maximum absolute atomic E-state index is 13.4. The van der Waals surface area contributed by atoms with Crippen molar-refractivity contribution in [2.24, 2.45) is 5.92 Å². The molecule has 1 aromatic carbocycles. The summed E-state index contributed by atoms with van der Waals surface area (Å²) in [4.78, 5) is 14.4. The molecule has 0 aliphatic carbocycles. The Balaban J connectivity index is 1.82. The Bertz CT molecular complexity index is 713. The van der Waals surface area contributed by atoms with Gasteiger partial charge in [-0.2, -0.15) is 0 Å². The third kappa shape index (κ3) is 2.63. The Morgan fingerprint density at radius 3 is 2.64 bits per heavy atom. The monoisotopic (exact) mass is 326 g/mol. The number of carbonyl (C=O) groups is 1. The highest BCUT2D eigenvalue weighted by molar-refractivity contribution is 7.88. The number of anilines is 1. The van der Waals surface area contributed by atoms with E-state index >= 15 is 0 Å². The van der Waals surface area contributed by atoms with Crippen LogP contribution in [0.2, 0.25) is 0 Å². The third-order valence-electron chi connectivity index (χ3n) is 4.48. The first-order chi connectivity index (χ1) is 10.3. The first-order valence-electron chi connectivity index (χ1n) is 7.34. The second kappa shape index (κ2) is 5.31. The van der Waals surface area contributed by atoms with E-state index in [1.165, 1.54) is 16.4 Å². The summed E-state index contributed by atoms with van der Waals surface area (Å²) in [5.74, 6) is -0.680. The van der Waals surface area contributed by atoms with Crippen molar-refractivity contribution >= 4 is 21.6 Å². The summed E-state index contributed by atoms with van der Waals surface area (Å²) in [5.41, 5.74) is 1.59. The number of rotatable bonds is 2. The highest BCUT2D eigenvalue weighted by Crippen LogP contribution is 2.34. The lowest BCUT2D eigenvalue weighted by Gasteiger charge is -2.42. The largest absolute Gasteiger partial charge is 0.309 e. The van der Waals surface area contributed by atoms with Crippen molar-refractivity contribution in [3.05, 3.63) is 29.6 Å². The lowest BCUT2D eigenvalue weighted by atomic mass is 9.93. The highest BCUT2D eigenvalue weighted by atomic mass is 32.2. The van der Waals surface area contributed by atoms with Crippen LogP contribution >= 0.6 is 0 Å². The molecule has 2 heterocycles. The van der Waals surface area contributed by atoms with Crippen LogP contribution in [0, 0.1) is 11.7 Å². The zero-order valence-corrected chi connectivity index (χ0v) is 13.4. The van der Waals surface area contributed by atoms with Gasteiger partial charge in [0.05, 0.1) is 12.2 Å². The first kappa shape index (κ1) is 15.4. The number of hydrogen-bond acceptors (Lipinski definition) is 3. The second-order valence-corrected chi connectivity index (χ2v) is 8.13. The molecule has 3 rings (SSSR count). The average Bonchev–Trinajstić information content (AvgIpc) is 2.35. The minimum atomic E-state index is -3.23. The van der Waals surface area contributed by atoms with Crippen LogP contribution < -0.4 is 4.90 Å². The molecular weight excluding hydrogens is 307 g/mol. The van der Waals surface area contributed by atoms with E-state index in [9.17, 15) is 17.6 Å². The molecule has 1 fully saturated rings. The summed E-state index contributed by atoms with van der Waals surface area (Å²) < 4.78 is 37.5. The summed E-state index contributed by atoms with van der Waals surface area (Å²) in [5, 5.41) is 0. The van der Waals surface area contributed by atoms with Gasteiger partial charge in [0, 0.05) is 24.8 Å². The number of nitrogens with zero attached hydrogens (tertiary/aromatic N) is 2. The number of aryl methyl sites for hydroxylation is 1. The molecule has 120 valence electrons. The molecule has 0 saturated carbocycles. The van der Waals surface area contributed by atoms with Crippen molar-refractivity contribution < 1.29 is 17.6 Å². The van der Waals surface area contributed by atoms with Gasteiger partial charge < -0.3 is 4.90 Å². The van der Waals surface area contributed by atoms with Gasteiger partial charge in [-0.25, -0.2) is 17.1 Å². The molecule has 1 aromatic rings. The highest BCUT2D eigenvalue weighted by Gasteiger charge is 2.42. The third-order valence-corrected chi connectivity index (χ3v) is 5.71. The summed E-state index contributed by atoms with van der Waals surface area (Å²) in [6.45, 7) is 2.44. The quantitative estimate of drug-likeness (QED) is 0.825. The maximum Gasteiger partial charge on any atom is 0.233 e. The molecule has 0 N–H and O–H groups in total. The molecule has 1 amide bonds. The fourth-order valence-electron chi connectivity index (χ4n) is 3.12. The van der Waals surface area contributed by atoms with E-state index in [2.05, 4.69) is 0 Å². The van der Waals surface area contributed by atoms with Crippen LogP contribution in [0.4, 0.5) is 10.1 Å². The van der Waals surface area contributed by atoms with E-state index in [1.807, 2.05) is 6.92 Å². The normalized spacial score (nSPS) is 23.0. The summed E-state index contributed by atoms with van der Waals surface area (Å²) in [6.07, 6.45) is 2.68. The number of fused-ring (bicyclic) bond motifs is 1. The fourth-order valence-corrected chi connectivity index (χ4v) is 4.02. The SMILES string of the molecule is CC1CCc2cc(F)ccc2N1C(=O)C1CN(S(C)(=O)=O)C1. The molecule has 1 saturated heterocycles. The molecule has 0 radical (unpaired) electrons. The van der Waals surface area contributed by atoms with Crippen molar-refractivity contribution in [1.82, 2.24) is 4.31 Å². The Kier molecular flexibility index (Phi) is 3.72. The van der Waals surface area contributed by atoms with Crippen molar-refractivity contribution in [3.8, 4) is 0 Å². The van der Waals surface area contributed by atoms with E-state index in [-0.39, 0.29) is 36.8 Å². The van der Waals surface area contributed by atoms with E-state index in [4.69, 9.17) is 0 Å². The number of carbonyl (C=O) groups excluding carboxylic acids is 1. The second-order valence-electron chi connectivity index (χ2n) is 6.15. The topological polar surface area (TPSA) is 57.7 Å². The van der Waals surface area contributed by atoms with Crippen LogP contribution in [0.25, 0.3) is 0 Å². The Labute approximate surface area is 129 Å². The van der Waals surface area contributed by atoms with Gasteiger partial charge in [0.1, 0.15) is 5.82 Å². The van der Waals surface area contributed by atoms with Gasteiger partial charge in [0.25, 0.3) is 0 Å². The summed E-state index contributed by atoms with van der Waals surface area (Å²) in [6, 6.07) is 4.52. The zero-order valence-electron chi connectivity index (χ0n) is 12.6. The maximum atomic E-state index is 13.4. The average molecular weight is 326 g/mol. The number of benzene rings is 1. The molecule has 22 heavy (non-hydrogen) atoms. The standard InChI is InChI=1S/C15H19FN2O3S/c1-10-3-4-11-7-13(16)5-6-14(11)18(10)15(19)12-8-17(9-12)22(2,20)21/h5-7,10,12H,3-4,8-9H2,1-2H3. The van der Waals surface area contributed by atoms with Crippen LogP contribution in [-0.2, 0) is 21.2 Å². The van der Waals surface area contributed by atoms with Crippen LogP contribution in [0.1, 0.15) is 18.9 Å². The van der Waals surface area contributed by atoms with E-state index in [0.29, 0.717) is 0 Å². The lowest BCUT2D eigenvalue weighted by Crippen LogP contribution is -2.58. The van der Waals surface area contributed by atoms with Crippen LogP contribution in [0.3, 0.4) is 0 Å². The minimum absolute atomic E-state index is 0.0396. The first-order valence-corrected chi connectivity index (χ1v) is 9.19. The van der Waals surface area contributed by atoms with Gasteiger partial charge in [-0.05, 0) is 43.5 Å². The Morgan fingerprint density at radius 2 is 2.00 bits per heavy atom. The predicted molar refractivity (Wildman–Crippen MR) is 81.6 cm³/mol. The molecular formula is C15H19FN2O3S. The zero-order chi connectivity index (χ0) is 16.1. The molecule has 7 heteroatoms. The van der Waals surface area contributed by atoms with Crippen molar-refractivity contribution in [2.45, 2.75) is 25.8 Å². The molecule has 2 aliphatic heterocycles. The summed E-state index contributed by atoms with van der Waals surface area (Å²) >= 11 is 0. The van der Waals surface area contributed by atoms with Gasteiger partial charge in [-0.3, -0.25) is 4.79 Å². The van der Waals surface area contributed by atoms with Crippen LogP contribution in [0.5, 0.6) is 0 Å². The molecule has 0 aromatic heterocycles. The van der Waals surface area contributed by atoms with Crippen LogP contribution in [0.15, 0.2) is 18.2 Å². The minimum Gasteiger partial charge on any atom is -0.309 e. The van der Waals surface area contributed by atoms with Gasteiger partial charge in [-0.1, -0.05) is 0 Å². The van der Waals surface area contributed by atoms with Crippen molar-refractivity contribution in [2.75, 3.05) is 24.2 Å². The predicted octanol–water partition coefficient (Wildman–Crippen LogP) is 1.38. The van der Waals surface area contributed by atoms with Crippen molar-refractivity contribution in [3.63, 3.8) is 0 Å². The number of hydrogen-bond donors (Lipinski definition) is 0. The number of halogens is 1. The van der Waals surface area contributed by atoms with E-state index in [1.54, 1.807) is 11.0 Å². The Morgan fingerprint density at radius 1 is 1.32 bits per heavy atom. The summed E-state index contributed by atoms with van der Waals surface area (Å²) in [7, 11) is -3.23. The Hall–Kier alpha value is -1.47. The molecule has 2 aliphatic rings. The number of amides is 1. The van der Waals surface area contributed by atoms with E-state index in [0.717, 1.165) is 30.3 Å². The fraction of sp³-hybridized carbons (Fsp3) is 0.533. The molecule has 5 nitrogen and oxygen atoms in total. The van der Waals surface area contributed by atoms with Gasteiger partial charge in [-0.15, -0.1) is 0 Å². The van der Waals surface area contributed by atoms with Gasteiger partial charge in [0.15, 0.2) is 0 Å². The van der Waals surface area contributed by atoms with Crippen molar-refractivity contribution in [1.29, 1.82) is 0 Å². The molecule has 1 atom stereocenters.